The highest BCUT2D eigenvalue weighted by molar-refractivity contribution is 6.43. The van der Waals surface area contributed by atoms with Gasteiger partial charge >= 0.3 is 6.16 Å². The molecule has 0 amide bonds. The molecule has 4 aromatic carbocycles. The number of rotatable bonds is 7. The fourth-order valence-electron chi connectivity index (χ4n) is 4.36. The fraction of sp³-hybridized carbons (Fsp3) is 0.107. The van der Waals surface area contributed by atoms with Crippen molar-refractivity contribution in [3.05, 3.63) is 94.5 Å². The second kappa shape index (κ2) is 9.90. The Bertz CT molecular complexity index is 1540. The number of carboxylic acid groups (broad SMARTS) is 1. The molecule has 5 rings (SSSR count). The van der Waals surface area contributed by atoms with Crippen molar-refractivity contribution in [1.29, 1.82) is 0 Å². The zero-order chi connectivity index (χ0) is 24.4. The van der Waals surface area contributed by atoms with Gasteiger partial charge in [0.1, 0.15) is 5.75 Å². The topological polar surface area (TPSA) is 71.5 Å². The Kier molecular flexibility index (Phi) is 6.53. The number of ether oxygens (including phenoxy) is 2. The molecule has 35 heavy (non-hydrogen) atoms. The summed E-state index contributed by atoms with van der Waals surface area (Å²) in [7, 11) is 0. The summed E-state index contributed by atoms with van der Waals surface area (Å²) in [6.45, 7) is 0.465. The van der Waals surface area contributed by atoms with E-state index >= 15 is 0 Å². The lowest BCUT2D eigenvalue weighted by molar-refractivity contribution is 0.142. The van der Waals surface area contributed by atoms with Gasteiger partial charge in [-0.3, -0.25) is 0 Å². The molecule has 0 atom stereocenters. The first-order chi connectivity index (χ1) is 17.0. The molecule has 0 aliphatic rings. The van der Waals surface area contributed by atoms with Crippen LogP contribution in [0, 0.1) is 0 Å². The molecule has 176 valence electrons. The molecular formula is C28H21Cl2NO4. The Balaban J connectivity index is 1.43. The highest BCUT2D eigenvalue weighted by Gasteiger charge is 2.19. The van der Waals surface area contributed by atoms with Crippen molar-refractivity contribution in [3.63, 3.8) is 0 Å². The van der Waals surface area contributed by atoms with E-state index in [2.05, 4.69) is 4.98 Å². The van der Waals surface area contributed by atoms with Gasteiger partial charge in [-0.05, 0) is 30.4 Å². The number of aromatic nitrogens is 1. The summed E-state index contributed by atoms with van der Waals surface area (Å²) >= 11 is 12.7. The Morgan fingerprint density at radius 1 is 0.857 bits per heavy atom. The summed E-state index contributed by atoms with van der Waals surface area (Å²) in [5, 5.41) is 13.2. The van der Waals surface area contributed by atoms with Gasteiger partial charge in [-0.1, -0.05) is 89.9 Å². The average Bonchev–Trinajstić information content (AvgIpc) is 3.20. The number of hydrogen-bond acceptors (Lipinski definition) is 3. The second-order valence-electron chi connectivity index (χ2n) is 8.06. The van der Waals surface area contributed by atoms with Crippen molar-refractivity contribution in [2.24, 2.45) is 0 Å². The molecule has 0 aliphatic heterocycles. The van der Waals surface area contributed by atoms with Crippen LogP contribution in [0.25, 0.3) is 32.8 Å². The van der Waals surface area contributed by atoms with E-state index in [-0.39, 0.29) is 5.88 Å². The highest BCUT2D eigenvalue weighted by Crippen LogP contribution is 2.40. The van der Waals surface area contributed by atoms with Crippen LogP contribution in [0.15, 0.2) is 78.9 Å². The molecular weight excluding hydrogens is 485 g/mol. The van der Waals surface area contributed by atoms with Crippen molar-refractivity contribution >= 4 is 51.0 Å². The van der Waals surface area contributed by atoms with E-state index in [0.29, 0.717) is 29.5 Å². The molecule has 0 saturated heterocycles. The van der Waals surface area contributed by atoms with Gasteiger partial charge < -0.3 is 19.6 Å². The number of fused-ring (bicyclic) bond motifs is 2. The molecule has 5 nitrogen and oxygen atoms in total. The van der Waals surface area contributed by atoms with Gasteiger partial charge in [-0.2, -0.15) is 0 Å². The minimum absolute atomic E-state index is 0.197. The largest absolute Gasteiger partial charge is 0.512 e. The maximum absolute atomic E-state index is 11.4. The molecule has 1 heterocycles. The normalized spacial score (nSPS) is 11.1. The Labute approximate surface area is 211 Å². The summed E-state index contributed by atoms with van der Waals surface area (Å²) < 4.78 is 11.2. The van der Waals surface area contributed by atoms with E-state index in [4.69, 9.17) is 32.7 Å². The first-order valence-corrected chi connectivity index (χ1v) is 11.9. The smallest absolute Gasteiger partial charge is 0.493 e. The van der Waals surface area contributed by atoms with Crippen molar-refractivity contribution in [3.8, 4) is 22.8 Å². The van der Waals surface area contributed by atoms with E-state index in [0.717, 1.165) is 44.1 Å². The van der Waals surface area contributed by atoms with Gasteiger partial charge in [0.15, 0.2) is 0 Å². The molecule has 0 aliphatic carbocycles. The number of aromatic amines is 1. The first-order valence-electron chi connectivity index (χ1n) is 11.1. The quantitative estimate of drug-likeness (QED) is 0.172. The average molecular weight is 506 g/mol. The van der Waals surface area contributed by atoms with Gasteiger partial charge in [-0.25, -0.2) is 4.79 Å². The number of hydrogen-bond donors (Lipinski definition) is 2. The van der Waals surface area contributed by atoms with E-state index in [1.165, 1.54) is 0 Å². The van der Waals surface area contributed by atoms with Crippen LogP contribution in [0.2, 0.25) is 10.0 Å². The van der Waals surface area contributed by atoms with Gasteiger partial charge in [0.2, 0.25) is 5.88 Å². The minimum atomic E-state index is -1.38. The number of nitrogens with one attached hydrogen (secondary N) is 1. The van der Waals surface area contributed by atoms with Crippen LogP contribution in [0.4, 0.5) is 4.79 Å². The van der Waals surface area contributed by atoms with Crippen LogP contribution in [-0.4, -0.2) is 22.9 Å². The molecule has 0 bridgehead atoms. The maximum atomic E-state index is 11.4. The molecule has 0 radical (unpaired) electrons. The lowest BCUT2D eigenvalue weighted by atomic mass is 10.0. The third-order valence-electron chi connectivity index (χ3n) is 5.91. The van der Waals surface area contributed by atoms with Crippen LogP contribution in [0.1, 0.15) is 12.0 Å². The van der Waals surface area contributed by atoms with Crippen molar-refractivity contribution in [1.82, 2.24) is 4.98 Å². The number of H-pyrrole nitrogens is 1. The van der Waals surface area contributed by atoms with Crippen LogP contribution in [0.5, 0.6) is 11.6 Å². The monoisotopic (exact) mass is 505 g/mol. The van der Waals surface area contributed by atoms with E-state index < -0.39 is 6.16 Å². The maximum Gasteiger partial charge on any atom is 0.512 e. The zero-order valence-corrected chi connectivity index (χ0v) is 20.1. The van der Waals surface area contributed by atoms with Crippen molar-refractivity contribution in [2.75, 3.05) is 6.61 Å². The standard InChI is InChI=1S/C28H21Cl2NO4/c29-23-14-5-10-19(25(23)30)20-11-4-12-21-22(27(31-26(20)21)35-28(32)33)13-6-16-34-24-15-3-8-17-7-1-2-9-18(17)24/h1-5,7-12,14-15,31H,6,13,16H2,(H,32,33). The summed E-state index contributed by atoms with van der Waals surface area (Å²) in [6.07, 6.45) is -0.166. The van der Waals surface area contributed by atoms with Gasteiger partial charge in [0.05, 0.1) is 22.2 Å². The molecule has 0 spiro atoms. The number of benzene rings is 4. The third kappa shape index (κ3) is 4.65. The van der Waals surface area contributed by atoms with Crippen LogP contribution >= 0.6 is 23.2 Å². The second-order valence-corrected chi connectivity index (χ2v) is 8.84. The molecule has 7 heteroatoms. The van der Waals surface area contributed by atoms with Crippen molar-refractivity contribution < 1.29 is 19.4 Å². The van der Waals surface area contributed by atoms with E-state index in [1.54, 1.807) is 6.07 Å². The SMILES string of the molecule is O=C(O)Oc1[nH]c2c(-c3cccc(Cl)c3Cl)cccc2c1CCCOc1cccc2ccccc12. The van der Waals surface area contributed by atoms with Crippen LogP contribution in [-0.2, 0) is 6.42 Å². The lowest BCUT2D eigenvalue weighted by Crippen LogP contribution is -2.06. The van der Waals surface area contributed by atoms with Crippen LogP contribution in [0.3, 0.4) is 0 Å². The van der Waals surface area contributed by atoms with Gasteiger partial charge in [0, 0.05) is 27.5 Å². The van der Waals surface area contributed by atoms with Crippen LogP contribution < -0.4 is 9.47 Å². The Morgan fingerprint density at radius 3 is 2.43 bits per heavy atom. The number of halogens is 2. The highest BCUT2D eigenvalue weighted by atomic mass is 35.5. The zero-order valence-electron chi connectivity index (χ0n) is 18.6. The molecule has 0 fully saturated rings. The molecule has 5 aromatic rings. The summed E-state index contributed by atoms with van der Waals surface area (Å²) in [6, 6.07) is 25.2. The molecule has 1 aromatic heterocycles. The predicted octanol–water partition coefficient (Wildman–Crippen LogP) is 8.36. The Hall–Kier alpha value is -3.67. The van der Waals surface area contributed by atoms with Gasteiger partial charge in [0.25, 0.3) is 0 Å². The van der Waals surface area contributed by atoms with E-state index in [1.807, 2.05) is 72.8 Å². The summed E-state index contributed by atoms with van der Waals surface area (Å²) in [5.41, 5.74) is 3.06. The number of aryl methyl sites for hydroxylation is 1. The van der Waals surface area contributed by atoms with Crippen molar-refractivity contribution in [2.45, 2.75) is 12.8 Å². The third-order valence-corrected chi connectivity index (χ3v) is 6.73. The number of carbonyl (C=O) groups is 1. The Morgan fingerprint density at radius 2 is 1.57 bits per heavy atom. The number of para-hydroxylation sites is 1. The summed E-state index contributed by atoms with van der Waals surface area (Å²) in [5.74, 6) is 1.02. The van der Waals surface area contributed by atoms with Gasteiger partial charge in [-0.15, -0.1) is 0 Å². The lowest BCUT2D eigenvalue weighted by Gasteiger charge is -2.10. The summed E-state index contributed by atoms with van der Waals surface area (Å²) in [4.78, 5) is 14.5. The molecule has 0 unspecified atom stereocenters. The fourth-order valence-corrected chi connectivity index (χ4v) is 4.76. The molecule has 0 saturated carbocycles. The molecule has 2 N–H and O–H groups in total. The van der Waals surface area contributed by atoms with E-state index in [9.17, 15) is 9.90 Å². The minimum Gasteiger partial charge on any atom is -0.493 e. The first kappa shape index (κ1) is 23.1. The predicted molar refractivity (Wildman–Crippen MR) is 140 cm³/mol.